The minimum Gasteiger partial charge on any atom is -0.375 e. The maximum absolute atomic E-state index is 2.31. The van der Waals surface area contributed by atoms with E-state index in [1.807, 2.05) is 0 Å². The molecule has 1 nitrogen and oxygen atoms in total. The zero-order chi connectivity index (χ0) is 9.68. The van der Waals surface area contributed by atoms with E-state index in [1.54, 1.807) is 0 Å². The largest absolute Gasteiger partial charge is 0.375 e. The van der Waals surface area contributed by atoms with Crippen molar-refractivity contribution >= 4 is 5.69 Å². The molecule has 0 aliphatic heterocycles. The molecule has 0 aliphatic carbocycles. The van der Waals surface area contributed by atoms with Crippen LogP contribution >= 0.6 is 0 Å². The summed E-state index contributed by atoms with van der Waals surface area (Å²) in [5.41, 5.74) is 2.65. The molecule has 0 unspecified atom stereocenters. The van der Waals surface area contributed by atoms with E-state index in [-0.39, 0.29) is 0 Å². The summed E-state index contributed by atoms with van der Waals surface area (Å²) in [4.78, 5) is 2.31. The molecule has 1 rings (SSSR count). The fourth-order valence-electron chi connectivity index (χ4n) is 1.32. The molecule has 1 aromatic rings. The SMILES string of the molecule is CCCCN(C)c1ccc(C)cc1. The number of nitrogens with zero attached hydrogens (tertiary/aromatic N) is 1. The van der Waals surface area contributed by atoms with Crippen molar-refractivity contribution in [3.8, 4) is 0 Å². The van der Waals surface area contributed by atoms with Crippen molar-refractivity contribution in [1.29, 1.82) is 0 Å². The molecule has 0 aliphatic rings. The highest BCUT2D eigenvalue weighted by atomic mass is 15.1. The van der Waals surface area contributed by atoms with E-state index in [9.17, 15) is 0 Å². The first-order chi connectivity index (χ1) is 6.24. The van der Waals surface area contributed by atoms with Gasteiger partial charge in [0.05, 0.1) is 0 Å². The predicted molar refractivity (Wildman–Crippen MR) is 59.4 cm³/mol. The summed E-state index contributed by atoms with van der Waals surface area (Å²) in [6, 6.07) is 8.70. The summed E-state index contributed by atoms with van der Waals surface area (Å²) < 4.78 is 0. The number of hydrogen-bond acceptors (Lipinski definition) is 1. The second kappa shape index (κ2) is 4.90. The van der Waals surface area contributed by atoms with Crippen molar-refractivity contribution in [2.75, 3.05) is 18.5 Å². The highest BCUT2D eigenvalue weighted by molar-refractivity contribution is 5.46. The number of rotatable bonds is 4. The predicted octanol–water partition coefficient (Wildman–Crippen LogP) is 3.23. The molecular weight excluding hydrogens is 158 g/mol. The Balaban J connectivity index is 2.55. The third-order valence-corrected chi connectivity index (χ3v) is 2.32. The molecule has 0 saturated heterocycles. The van der Waals surface area contributed by atoms with Crippen molar-refractivity contribution in [1.82, 2.24) is 0 Å². The Hall–Kier alpha value is -0.980. The van der Waals surface area contributed by atoms with Gasteiger partial charge in [0.25, 0.3) is 0 Å². The third-order valence-electron chi connectivity index (χ3n) is 2.32. The van der Waals surface area contributed by atoms with Crippen LogP contribution in [0.2, 0.25) is 0 Å². The van der Waals surface area contributed by atoms with Gasteiger partial charge in [-0.1, -0.05) is 31.0 Å². The number of unbranched alkanes of at least 4 members (excludes halogenated alkanes) is 1. The van der Waals surface area contributed by atoms with Crippen molar-refractivity contribution in [3.05, 3.63) is 29.8 Å². The van der Waals surface area contributed by atoms with E-state index < -0.39 is 0 Å². The number of hydrogen-bond donors (Lipinski definition) is 0. The normalized spacial score (nSPS) is 10.1. The highest BCUT2D eigenvalue weighted by Gasteiger charge is 1.97. The second-order valence-electron chi connectivity index (χ2n) is 3.61. The zero-order valence-corrected chi connectivity index (χ0v) is 8.88. The molecule has 1 aromatic carbocycles. The van der Waals surface area contributed by atoms with Crippen LogP contribution in [-0.4, -0.2) is 13.6 Å². The number of aryl methyl sites for hydroxylation is 1. The Morgan fingerprint density at radius 3 is 2.31 bits per heavy atom. The van der Waals surface area contributed by atoms with Gasteiger partial charge < -0.3 is 4.90 Å². The first-order valence-corrected chi connectivity index (χ1v) is 5.02. The molecule has 1 heteroatoms. The van der Waals surface area contributed by atoms with Crippen LogP contribution in [0.1, 0.15) is 25.3 Å². The molecule has 13 heavy (non-hydrogen) atoms. The van der Waals surface area contributed by atoms with E-state index in [4.69, 9.17) is 0 Å². The Morgan fingerprint density at radius 1 is 1.15 bits per heavy atom. The van der Waals surface area contributed by atoms with Gasteiger partial charge in [-0.15, -0.1) is 0 Å². The van der Waals surface area contributed by atoms with Crippen LogP contribution in [0, 0.1) is 6.92 Å². The molecule has 0 heterocycles. The molecule has 0 radical (unpaired) electrons. The smallest absolute Gasteiger partial charge is 0.0363 e. The lowest BCUT2D eigenvalue weighted by molar-refractivity contribution is 0.766. The van der Waals surface area contributed by atoms with Gasteiger partial charge in [-0.3, -0.25) is 0 Å². The van der Waals surface area contributed by atoms with Gasteiger partial charge in [-0.2, -0.15) is 0 Å². The Kier molecular flexibility index (Phi) is 3.81. The summed E-state index contributed by atoms with van der Waals surface area (Å²) in [5.74, 6) is 0. The molecule has 0 atom stereocenters. The number of anilines is 1. The molecule has 0 saturated carbocycles. The van der Waals surface area contributed by atoms with Gasteiger partial charge in [-0.25, -0.2) is 0 Å². The summed E-state index contributed by atoms with van der Waals surface area (Å²) in [7, 11) is 2.15. The highest BCUT2D eigenvalue weighted by Crippen LogP contribution is 2.13. The quantitative estimate of drug-likeness (QED) is 0.682. The van der Waals surface area contributed by atoms with Gasteiger partial charge >= 0.3 is 0 Å². The van der Waals surface area contributed by atoms with Crippen LogP contribution in [0.3, 0.4) is 0 Å². The lowest BCUT2D eigenvalue weighted by atomic mass is 10.2. The zero-order valence-electron chi connectivity index (χ0n) is 8.88. The van der Waals surface area contributed by atoms with E-state index >= 15 is 0 Å². The van der Waals surface area contributed by atoms with Crippen molar-refractivity contribution in [2.24, 2.45) is 0 Å². The molecule has 0 fully saturated rings. The third kappa shape index (κ3) is 3.10. The molecular formula is C12H19N. The maximum Gasteiger partial charge on any atom is 0.0363 e. The second-order valence-corrected chi connectivity index (χ2v) is 3.61. The average molecular weight is 177 g/mol. The first kappa shape index (κ1) is 10.1. The van der Waals surface area contributed by atoms with Crippen LogP contribution in [0.4, 0.5) is 5.69 Å². The van der Waals surface area contributed by atoms with Crippen LogP contribution in [0.15, 0.2) is 24.3 Å². The van der Waals surface area contributed by atoms with Gasteiger partial charge in [0.2, 0.25) is 0 Å². The molecule has 0 bridgehead atoms. The van der Waals surface area contributed by atoms with Crippen LogP contribution in [0.25, 0.3) is 0 Å². The van der Waals surface area contributed by atoms with E-state index in [2.05, 4.69) is 50.1 Å². The Morgan fingerprint density at radius 2 is 1.77 bits per heavy atom. The average Bonchev–Trinajstić information content (AvgIpc) is 2.15. The summed E-state index contributed by atoms with van der Waals surface area (Å²) in [5, 5.41) is 0. The van der Waals surface area contributed by atoms with Crippen molar-refractivity contribution < 1.29 is 0 Å². The van der Waals surface area contributed by atoms with E-state index in [0.717, 1.165) is 6.54 Å². The lowest BCUT2D eigenvalue weighted by Crippen LogP contribution is -2.17. The standard InChI is InChI=1S/C12H19N/c1-4-5-10-13(3)12-8-6-11(2)7-9-12/h6-9H,4-5,10H2,1-3H3. The summed E-state index contributed by atoms with van der Waals surface area (Å²) >= 11 is 0. The van der Waals surface area contributed by atoms with Gasteiger partial charge in [0.15, 0.2) is 0 Å². The molecule has 0 aromatic heterocycles. The van der Waals surface area contributed by atoms with Crippen molar-refractivity contribution in [3.63, 3.8) is 0 Å². The summed E-state index contributed by atoms with van der Waals surface area (Å²) in [6.45, 7) is 5.50. The van der Waals surface area contributed by atoms with E-state index in [1.165, 1.54) is 24.1 Å². The van der Waals surface area contributed by atoms with E-state index in [0.29, 0.717) is 0 Å². The number of benzene rings is 1. The van der Waals surface area contributed by atoms with Gasteiger partial charge in [0, 0.05) is 19.3 Å². The first-order valence-electron chi connectivity index (χ1n) is 5.02. The minimum atomic E-state index is 1.15. The monoisotopic (exact) mass is 177 g/mol. The lowest BCUT2D eigenvalue weighted by Gasteiger charge is -2.18. The van der Waals surface area contributed by atoms with Gasteiger partial charge in [0.1, 0.15) is 0 Å². The van der Waals surface area contributed by atoms with Crippen LogP contribution < -0.4 is 4.90 Å². The topological polar surface area (TPSA) is 3.24 Å². The van der Waals surface area contributed by atoms with Crippen molar-refractivity contribution in [2.45, 2.75) is 26.7 Å². The summed E-state index contributed by atoms with van der Waals surface area (Å²) in [6.07, 6.45) is 2.53. The fourth-order valence-corrected chi connectivity index (χ4v) is 1.32. The Bertz CT molecular complexity index is 238. The maximum atomic E-state index is 2.31. The van der Waals surface area contributed by atoms with Crippen LogP contribution in [0.5, 0.6) is 0 Å². The van der Waals surface area contributed by atoms with Gasteiger partial charge in [-0.05, 0) is 25.5 Å². The molecule has 0 spiro atoms. The molecule has 0 amide bonds. The molecule has 0 N–H and O–H groups in total. The molecule has 72 valence electrons. The Labute approximate surface area is 81.4 Å². The fraction of sp³-hybridized carbons (Fsp3) is 0.500. The minimum absolute atomic E-state index is 1.15. The van der Waals surface area contributed by atoms with Crippen LogP contribution in [-0.2, 0) is 0 Å².